The molecular weight excluding hydrogens is 248 g/mol. The lowest BCUT2D eigenvalue weighted by molar-refractivity contribution is -0.144. The molecule has 19 heavy (non-hydrogen) atoms. The Labute approximate surface area is 111 Å². The van der Waals surface area contributed by atoms with Gasteiger partial charge in [0.2, 0.25) is 0 Å². The van der Waals surface area contributed by atoms with Gasteiger partial charge in [0, 0.05) is 26.0 Å². The first kappa shape index (κ1) is 13.6. The normalized spacial score (nSPS) is 17.9. The maximum absolute atomic E-state index is 11.8. The molecule has 2 heterocycles. The van der Waals surface area contributed by atoms with Crippen LogP contribution in [0.4, 0.5) is 0 Å². The summed E-state index contributed by atoms with van der Waals surface area (Å²) in [5.74, 6) is -1.63. The van der Waals surface area contributed by atoms with E-state index in [0.29, 0.717) is 18.9 Å². The molecule has 1 amide bonds. The fourth-order valence-corrected chi connectivity index (χ4v) is 2.34. The van der Waals surface area contributed by atoms with Gasteiger partial charge in [-0.15, -0.1) is 0 Å². The van der Waals surface area contributed by atoms with E-state index in [0.717, 1.165) is 12.8 Å². The molecule has 0 saturated carbocycles. The van der Waals surface area contributed by atoms with E-state index < -0.39 is 11.9 Å². The molecule has 0 aromatic carbocycles. The fourth-order valence-electron chi connectivity index (χ4n) is 2.34. The molecule has 0 spiro atoms. The standard InChI is InChI=1S/C13H18N2O4/c16-12(11-2-1-5-14-11)15-8-10(13(17)18)9-3-6-19-7-4-9/h1-2,5,9-10,14H,3-4,6-8H2,(H,15,16)(H,17,18). The molecule has 3 N–H and O–H groups in total. The molecule has 0 radical (unpaired) electrons. The average Bonchev–Trinajstić information content (AvgIpc) is 2.93. The van der Waals surface area contributed by atoms with E-state index in [1.807, 2.05) is 0 Å². The number of H-pyrrole nitrogens is 1. The number of nitrogens with one attached hydrogen (secondary N) is 2. The average molecular weight is 266 g/mol. The van der Waals surface area contributed by atoms with Crippen LogP contribution in [0, 0.1) is 11.8 Å². The summed E-state index contributed by atoms with van der Waals surface area (Å²) in [4.78, 5) is 25.8. The number of amides is 1. The Hall–Kier alpha value is -1.82. The fraction of sp³-hybridized carbons (Fsp3) is 0.538. The second-order valence-electron chi connectivity index (χ2n) is 4.69. The maximum Gasteiger partial charge on any atom is 0.308 e. The van der Waals surface area contributed by atoms with Crippen molar-refractivity contribution in [3.8, 4) is 0 Å². The molecule has 6 nitrogen and oxygen atoms in total. The molecule has 1 unspecified atom stereocenters. The van der Waals surface area contributed by atoms with Gasteiger partial charge in [-0.3, -0.25) is 9.59 Å². The van der Waals surface area contributed by atoms with Gasteiger partial charge < -0.3 is 20.1 Å². The lowest BCUT2D eigenvalue weighted by Gasteiger charge is -2.27. The number of aromatic amines is 1. The number of ether oxygens (including phenoxy) is 1. The highest BCUT2D eigenvalue weighted by molar-refractivity contribution is 5.92. The topological polar surface area (TPSA) is 91.4 Å². The molecule has 1 saturated heterocycles. The third-order valence-electron chi connectivity index (χ3n) is 3.48. The van der Waals surface area contributed by atoms with Crippen molar-refractivity contribution in [2.24, 2.45) is 11.8 Å². The van der Waals surface area contributed by atoms with Crippen molar-refractivity contribution in [2.75, 3.05) is 19.8 Å². The molecule has 0 aliphatic carbocycles. The van der Waals surface area contributed by atoms with Crippen LogP contribution in [-0.4, -0.2) is 41.7 Å². The largest absolute Gasteiger partial charge is 0.481 e. The monoisotopic (exact) mass is 266 g/mol. The first-order chi connectivity index (χ1) is 9.18. The zero-order valence-electron chi connectivity index (χ0n) is 10.6. The Kier molecular flexibility index (Phi) is 4.57. The van der Waals surface area contributed by atoms with Gasteiger partial charge in [-0.1, -0.05) is 0 Å². The molecule has 1 aliphatic rings. The van der Waals surface area contributed by atoms with Gasteiger partial charge in [0.05, 0.1) is 5.92 Å². The Morgan fingerprint density at radius 1 is 1.47 bits per heavy atom. The summed E-state index contributed by atoms with van der Waals surface area (Å²) < 4.78 is 5.23. The van der Waals surface area contributed by atoms with Crippen molar-refractivity contribution in [2.45, 2.75) is 12.8 Å². The molecule has 6 heteroatoms. The minimum absolute atomic E-state index is 0.0650. The van der Waals surface area contributed by atoms with Crippen molar-refractivity contribution in [3.05, 3.63) is 24.0 Å². The van der Waals surface area contributed by atoms with E-state index in [2.05, 4.69) is 10.3 Å². The summed E-state index contributed by atoms with van der Waals surface area (Å²) >= 11 is 0. The highest BCUT2D eigenvalue weighted by Gasteiger charge is 2.30. The van der Waals surface area contributed by atoms with E-state index in [4.69, 9.17) is 4.74 Å². The Bertz CT molecular complexity index is 424. The number of carboxylic acid groups (broad SMARTS) is 1. The van der Waals surface area contributed by atoms with Gasteiger partial charge in [-0.2, -0.15) is 0 Å². The number of hydrogen-bond acceptors (Lipinski definition) is 3. The highest BCUT2D eigenvalue weighted by atomic mass is 16.5. The van der Waals surface area contributed by atoms with Crippen LogP contribution in [0.25, 0.3) is 0 Å². The number of rotatable bonds is 5. The van der Waals surface area contributed by atoms with Crippen molar-refractivity contribution in [3.63, 3.8) is 0 Å². The summed E-state index contributed by atoms with van der Waals surface area (Å²) in [6.07, 6.45) is 3.12. The van der Waals surface area contributed by atoms with Crippen LogP contribution in [0.2, 0.25) is 0 Å². The van der Waals surface area contributed by atoms with Crippen LogP contribution in [-0.2, 0) is 9.53 Å². The Balaban J connectivity index is 1.90. The van der Waals surface area contributed by atoms with Crippen molar-refractivity contribution >= 4 is 11.9 Å². The summed E-state index contributed by atoms with van der Waals surface area (Å²) in [5, 5.41) is 11.9. The molecular formula is C13H18N2O4. The summed E-state index contributed by atoms with van der Waals surface area (Å²) in [6, 6.07) is 3.38. The third kappa shape index (κ3) is 3.57. The number of carboxylic acids is 1. The zero-order valence-corrected chi connectivity index (χ0v) is 10.6. The van der Waals surface area contributed by atoms with Crippen LogP contribution >= 0.6 is 0 Å². The molecule has 1 fully saturated rings. The van der Waals surface area contributed by atoms with Crippen LogP contribution in [0.1, 0.15) is 23.3 Å². The molecule has 0 bridgehead atoms. The summed E-state index contributed by atoms with van der Waals surface area (Å²) in [6.45, 7) is 1.34. The van der Waals surface area contributed by atoms with Crippen molar-refractivity contribution in [1.82, 2.24) is 10.3 Å². The first-order valence-electron chi connectivity index (χ1n) is 6.40. The number of carbonyl (C=O) groups is 2. The minimum atomic E-state index is -0.862. The molecule has 2 rings (SSSR count). The Morgan fingerprint density at radius 2 is 2.21 bits per heavy atom. The summed E-state index contributed by atoms with van der Waals surface area (Å²) in [5.41, 5.74) is 0.441. The predicted octanol–water partition coefficient (Wildman–Crippen LogP) is 0.872. The number of carbonyl (C=O) groups excluding carboxylic acids is 1. The zero-order chi connectivity index (χ0) is 13.7. The number of hydrogen-bond donors (Lipinski definition) is 3. The van der Waals surface area contributed by atoms with Gasteiger partial charge >= 0.3 is 5.97 Å². The van der Waals surface area contributed by atoms with E-state index >= 15 is 0 Å². The quantitative estimate of drug-likeness (QED) is 0.737. The lowest BCUT2D eigenvalue weighted by atomic mass is 9.86. The lowest BCUT2D eigenvalue weighted by Crippen LogP contribution is -2.39. The van der Waals surface area contributed by atoms with Gasteiger partial charge in [-0.05, 0) is 30.9 Å². The minimum Gasteiger partial charge on any atom is -0.481 e. The van der Waals surface area contributed by atoms with E-state index in [1.54, 1.807) is 18.3 Å². The van der Waals surface area contributed by atoms with Gasteiger partial charge in [0.15, 0.2) is 0 Å². The highest BCUT2D eigenvalue weighted by Crippen LogP contribution is 2.23. The van der Waals surface area contributed by atoms with Gasteiger partial charge in [-0.25, -0.2) is 0 Å². The number of aliphatic carboxylic acids is 1. The van der Waals surface area contributed by atoms with E-state index in [1.165, 1.54) is 0 Å². The van der Waals surface area contributed by atoms with Crippen molar-refractivity contribution < 1.29 is 19.4 Å². The second-order valence-corrected chi connectivity index (χ2v) is 4.69. The Morgan fingerprint density at radius 3 is 2.79 bits per heavy atom. The SMILES string of the molecule is O=C(NCC(C(=O)O)C1CCOCC1)c1ccc[nH]1. The van der Waals surface area contributed by atoms with Crippen LogP contribution in [0.15, 0.2) is 18.3 Å². The van der Waals surface area contributed by atoms with Gasteiger partial charge in [0.25, 0.3) is 5.91 Å². The van der Waals surface area contributed by atoms with E-state index in [9.17, 15) is 14.7 Å². The predicted molar refractivity (Wildman–Crippen MR) is 67.8 cm³/mol. The molecule has 1 atom stereocenters. The molecule has 104 valence electrons. The smallest absolute Gasteiger partial charge is 0.308 e. The second kappa shape index (κ2) is 6.38. The van der Waals surface area contributed by atoms with Crippen molar-refractivity contribution in [1.29, 1.82) is 0 Å². The molecule has 1 aromatic rings. The van der Waals surface area contributed by atoms with Crippen LogP contribution in [0.5, 0.6) is 0 Å². The van der Waals surface area contributed by atoms with E-state index in [-0.39, 0.29) is 18.4 Å². The maximum atomic E-state index is 11.8. The number of aromatic nitrogens is 1. The molecule has 1 aromatic heterocycles. The van der Waals surface area contributed by atoms with Crippen LogP contribution < -0.4 is 5.32 Å². The third-order valence-corrected chi connectivity index (χ3v) is 3.48. The molecule has 1 aliphatic heterocycles. The van der Waals surface area contributed by atoms with Gasteiger partial charge in [0.1, 0.15) is 5.69 Å². The van der Waals surface area contributed by atoms with Crippen LogP contribution in [0.3, 0.4) is 0 Å². The first-order valence-corrected chi connectivity index (χ1v) is 6.40. The summed E-state index contributed by atoms with van der Waals surface area (Å²) in [7, 11) is 0.